The number of hydrogen-bond donors (Lipinski definition) is 1. The van der Waals surface area contributed by atoms with Crippen molar-refractivity contribution in [1.29, 1.82) is 0 Å². The molecule has 0 aliphatic carbocycles. The van der Waals surface area contributed by atoms with Crippen LogP contribution in [0, 0.1) is 5.82 Å². The molecule has 0 bridgehead atoms. The first-order chi connectivity index (χ1) is 10.3. The van der Waals surface area contributed by atoms with Gasteiger partial charge in [-0.25, -0.2) is 4.39 Å². The van der Waals surface area contributed by atoms with Crippen molar-refractivity contribution in [2.75, 3.05) is 6.54 Å². The largest absolute Gasteiger partial charge is 0.313 e. The van der Waals surface area contributed by atoms with Gasteiger partial charge in [0.15, 0.2) is 0 Å². The lowest BCUT2D eigenvalue weighted by molar-refractivity contribution is 0.629. The van der Waals surface area contributed by atoms with Crippen LogP contribution >= 0.6 is 0 Å². The molecule has 0 unspecified atom stereocenters. The predicted octanol–water partition coefficient (Wildman–Crippen LogP) is 4.76. The average Bonchev–Trinajstić information content (AvgIpc) is 2.54. The number of benzene rings is 3. The summed E-state index contributed by atoms with van der Waals surface area (Å²) in [5.41, 5.74) is 2.72. The molecule has 1 N–H and O–H groups in total. The highest BCUT2D eigenvalue weighted by atomic mass is 19.1. The van der Waals surface area contributed by atoms with Gasteiger partial charge in [-0.2, -0.15) is 0 Å². The summed E-state index contributed by atoms with van der Waals surface area (Å²) in [5, 5.41) is 5.49. The lowest BCUT2D eigenvalue weighted by Gasteiger charge is -2.10. The Balaban J connectivity index is 2.13. The van der Waals surface area contributed by atoms with E-state index in [1.165, 1.54) is 0 Å². The molecule has 0 saturated heterocycles. The Bertz CT molecular complexity index is 759. The Morgan fingerprint density at radius 2 is 1.71 bits per heavy atom. The number of hydrogen-bond acceptors (Lipinski definition) is 1. The normalized spacial score (nSPS) is 11.0. The summed E-state index contributed by atoms with van der Waals surface area (Å²) in [4.78, 5) is 0. The van der Waals surface area contributed by atoms with Crippen LogP contribution in [0.2, 0.25) is 0 Å². The molecular weight excluding hydrogens is 261 g/mol. The Morgan fingerprint density at radius 1 is 0.905 bits per heavy atom. The van der Waals surface area contributed by atoms with Gasteiger partial charge in [-0.05, 0) is 40.6 Å². The maximum atomic E-state index is 14.3. The standard InChI is InChI=1S/C19H18FN/c1-2-21-13-14-10-11-19(20)18(12-14)17-9-5-7-15-6-3-4-8-16(15)17/h3-12,21H,2,13H2,1H3. The van der Waals surface area contributed by atoms with Crippen LogP contribution in [0.15, 0.2) is 60.7 Å². The van der Waals surface area contributed by atoms with Crippen LogP contribution in [-0.4, -0.2) is 6.54 Å². The van der Waals surface area contributed by atoms with E-state index < -0.39 is 0 Å². The highest BCUT2D eigenvalue weighted by Gasteiger charge is 2.09. The van der Waals surface area contributed by atoms with Crippen LogP contribution in [-0.2, 0) is 6.54 Å². The van der Waals surface area contributed by atoms with Crippen molar-refractivity contribution < 1.29 is 4.39 Å². The van der Waals surface area contributed by atoms with Gasteiger partial charge in [0.25, 0.3) is 0 Å². The molecule has 106 valence electrons. The van der Waals surface area contributed by atoms with Crippen LogP contribution in [0.1, 0.15) is 12.5 Å². The van der Waals surface area contributed by atoms with Gasteiger partial charge in [0, 0.05) is 12.1 Å². The van der Waals surface area contributed by atoms with E-state index in [4.69, 9.17) is 0 Å². The van der Waals surface area contributed by atoms with E-state index in [1.807, 2.05) is 42.5 Å². The van der Waals surface area contributed by atoms with E-state index in [1.54, 1.807) is 6.07 Å². The molecule has 0 radical (unpaired) electrons. The SMILES string of the molecule is CCNCc1ccc(F)c(-c2cccc3ccccc23)c1. The molecule has 2 heteroatoms. The van der Waals surface area contributed by atoms with E-state index >= 15 is 0 Å². The number of nitrogens with one attached hydrogen (secondary N) is 1. The lowest BCUT2D eigenvalue weighted by Crippen LogP contribution is -2.11. The fourth-order valence-electron chi connectivity index (χ4n) is 2.62. The van der Waals surface area contributed by atoms with Gasteiger partial charge in [-0.1, -0.05) is 55.5 Å². The molecule has 3 rings (SSSR count). The Hall–Kier alpha value is -2.19. The molecular formula is C19H18FN. The van der Waals surface area contributed by atoms with Crippen molar-refractivity contribution in [2.24, 2.45) is 0 Å². The molecule has 0 saturated carbocycles. The van der Waals surface area contributed by atoms with Crippen molar-refractivity contribution in [1.82, 2.24) is 5.32 Å². The zero-order valence-electron chi connectivity index (χ0n) is 12.1. The minimum absolute atomic E-state index is 0.174. The highest BCUT2D eigenvalue weighted by Crippen LogP contribution is 2.31. The molecule has 0 spiro atoms. The lowest BCUT2D eigenvalue weighted by atomic mass is 9.96. The van der Waals surface area contributed by atoms with E-state index in [0.29, 0.717) is 5.56 Å². The predicted molar refractivity (Wildman–Crippen MR) is 86.7 cm³/mol. The van der Waals surface area contributed by atoms with E-state index in [0.717, 1.165) is 35.0 Å². The summed E-state index contributed by atoms with van der Waals surface area (Å²) in [6.45, 7) is 3.73. The number of fused-ring (bicyclic) bond motifs is 1. The van der Waals surface area contributed by atoms with Gasteiger partial charge >= 0.3 is 0 Å². The van der Waals surface area contributed by atoms with Gasteiger partial charge in [0.1, 0.15) is 5.82 Å². The molecule has 21 heavy (non-hydrogen) atoms. The zero-order chi connectivity index (χ0) is 14.7. The van der Waals surface area contributed by atoms with Crippen LogP contribution in [0.25, 0.3) is 21.9 Å². The Morgan fingerprint density at radius 3 is 2.57 bits per heavy atom. The van der Waals surface area contributed by atoms with E-state index in [2.05, 4.69) is 24.4 Å². The smallest absolute Gasteiger partial charge is 0.131 e. The summed E-state index contributed by atoms with van der Waals surface area (Å²) in [6, 6.07) is 19.5. The molecule has 0 aromatic heterocycles. The van der Waals surface area contributed by atoms with Crippen LogP contribution in [0.4, 0.5) is 4.39 Å². The van der Waals surface area contributed by atoms with Crippen LogP contribution < -0.4 is 5.32 Å². The second-order valence-electron chi connectivity index (χ2n) is 5.12. The summed E-state index contributed by atoms with van der Waals surface area (Å²) >= 11 is 0. The average molecular weight is 279 g/mol. The first-order valence-corrected chi connectivity index (χ1v) is 7.27. The third-order valence-corrected chi connectivity index (χ3v) is 3.69. The quantitative estimate of drug-likeness (QED) is 0.726. The van der Waals surface area contributed by atoms with Gasteiger partial charge in [-0.15, -0.1) is 0 Å². The van der Waals surface area contributed by atoms with Gasteiger partial charge in [0.05, 0.1) is 0 Å². The molecule has 0 aliphatic rings. The fourth-order valence-corrected chi connectivity index (χ4v) is 2.62. The Labute approximate surface area is 124 Å². The van der Waals surface area contributed by atoms with Crippen LogP contribution in [0.3, 0.4) is 0 Å². The third kappa shape index (κ3) is 2.81. The van der Waals surface area contributed by atoms with Crippen LogP contribution in [0.5, 0.6) is 0 Å². The summed E-state index contributed by atoms with van der Waals surface area (Å²) in [5.74, 6) is -0.174. The Kier molecular flexibility index (Phi) is 3.98. The zero-order valence-corrected chi connectivity index (χ0v) is 12.1. The van der Waals surface area contributed by atoms with Crippen molar-refractivity contribution in [3.63, 3.8) is 0 Å². The monoisotopic (exact) mass is 279 g/mol. The topological polar surface area (TPSA) is 12.0 Å². The van der Waals surface area contributed by atoms with Gasteiger partial charge in [0.2, 0.25) is 0 Å². The molecule has 1 nitrogen and oxygen atoms in total. The first-order valence-electron chi connectivity index (χ1n) is 7.27. The molecule has 0 amide bonds. The minimum atomic E-state index is -0.174. The maximum Gasteiger partial charge on any atom is 0.131 e. The first kappa shape index (κ1) is 13.8. The van der Waals surface area contributed by atoms with E-state index in [-0.39, 0.29) is 5.82 Å². The molecule has 0 heterocycles. The van der Waals surface area contributed by atoms with Gasteiger partial charge in [-0.3, -0.25) is 0 Å². The second-order valence-corrected chi connectivity index (χ2v) is 5.12. The number of rotatable bonds is 4. The number of halogens is 1. The molecule has 3 aromatic carbocycles. The molecule has 0 atom stereocenters. The van der Waals surface area contributed by atoms with Crippen molar-refractivity contribution in [3.05, 3.63) is 72.0 Å². The minimum Gasteiger partial charge on any atom is -0.313 e. The van der Waals surface area contributed by atoms with E-state index in [9.17, 15) is 4.39 Å². The summed E-state index contributed by atoms with van der Waals surface area (Å²) in [6.07, 6.45) is 0. The highest BCUT2D eigenvalue weighted by molar-refractivity contribution is 5.96. The second kappa shape index (κ2) is 6.06. The molecule has 3 aromatic rings. The van der Waals surface area contributed by atoms with Crippen molar-refractivity contribution in [2.45, 2.75) is 13.5 Å². The summed E-state index contributed by atoms with van der Waals surface area (Å²) in [7, 11) is 0. The third-order valence-electron chi connectivity index (χ3n) is 3.69. The molecule has 0 aliphatic heterocycles. The fraction of sp³-hybridized carbons (Fsp3) is 0.158. The summed E-state index contributed by atoms with van der Waals surface area (Å²) < 4.78 is 14.3. The van der Waals surface area contributed by atoms with Crippen molar-refractivity contribution in [3.8, 4) is 11.1 Å². The van der Waals surface area contributed by atoms with Gasteiger partial charge < -0.3 is 5.32 Å². The molecule has 0 fully saturated rings. The maximum absolute atomic E-state index is 14.3. The van der Waals surface area contributed by atoms with Crippen molar-refractivity contribution >= 4 is 10.8 Å².